The molecule has 1 aromatic carbocycles. The van der Waals surface area contributed by atoms with Gasteiger partial charge in [0.05, 0.1) is 6.61 Å². The molecule has 122 valence electrons. The number of anilines is 1. The van der Waals surface area contributed by atoms with E-state index in [9.17, 15) is 9.59 Å². The molecule has 0 aliphatic rings. The monoisotopic (exact) mass is 306 g/mol. The Bertz CT molecular complexity index is 475. The molecular weight excluding hydrogens is 280 g/mol. The van der Waals surface area contributed by atoms with Crippen LogP contribution in [-0.4, -0.2) is 32.1 Å². The Balaban J connectivity index is 2.46. The van der Waals surface area contributed by atoms with Crippen LogP contribution in [0.5, 0.6) is 0 Å². The van der Waals surface area contributed by atoms with E-state index in [1.807, 2.05) is 0 Å². The van der Waals surface area contributed by atoms with E-state index in [0.29, 0.717) is 30.8 Å². The zero-order valence-electron chi connectivity index (χ0n) is 13.5. The molecule has 0 spiro atoms. The molecule has 2 amide bonds. The third-order valence-electron chi connectivity index (χ3n) is 3.26. The van der Waals surface area contributed by atoms with Crippen LogP contribution in [0.1, 0.15) is 49.4 Å². The van der Waals surface area contributed by atoms with E-state index in [-0.39, 0.29) is 11.8 Å². The van der Waals surface area contributed by atoms with Gasteiger partial charge in [0, 0.05) is 31.3 Å². The Morgan fingerprint density at radius 2 is 2.00 bits per heavy atom. The topological polar surface area (TPSA) is 67.4 Å². The first-order valence-corrected chi connectivity index (χ1v) is 7.84. The Kier molecular flexibility index (Phi) is 8.91. The minimum atomic E-state index is -0.170. The molecule has 0 radical (unpaired) electrons. The van der Waals surface area contributed by atoms with Crippen molar-refractivity contribution in [2.45, 2.75) is 39.0 Å². The lowest BCUT2D eigenvalue weighted by atomic mass is 10.1. The van der Waals surface area contributed by atoms with E-state index in [2.05, 4.69) is 17.6 Å². The highest BCUT2D eigenvalue weighted by Crippen LogP contribution is 2.12. The number of carbonyl (C=O) groups excluding carboxylic acids is 2. The molecule has 0 aliphatic heterocycles. The lowest BCUT2D eigenvalue weighted by Crippen LogP contribution is -2.27. The minimum Gasteiger partial charge on any atom is -0.383 e. The summed E-state index contributed by atoms with van der Waals surface area (Å²) in [6.07, 6.45) is 4.80. The molecule has 22 heavy (non-hydrogen) atoms. The fourth-order valence-electron chi connectivity index (χ4n) is 2.04. The number of rotatable bonds is 10. The van der Waals surface area contributed by atoms with Crippen LogP contribution in [0.2, 0.25) is 0 Å². The summed E-state index contributed by atoms with van der Waals surface area (Å²) < 4.78 is 4.89. The summed E-state index contributed by atoms with van der Waals surface area (Å²) in [5, 5.41) is 5.59. The van der Waals surface area contributed by atoms with E-state index < -0.39 is 0 Å². The van der Waals surface area contributed by atoms with Gasteiger partial charge >= 0.3 is 0 Å². The van der Waals surface area contributed by atoms with Gasteiger partial charge < -0.3 is 15.4 Å². The van der Waals surface area contributed by atoms with Gasteiger partial charge in [-0.05, 0) is 24.6 Å². The quantitative estimate of drug-likeness (QED) is 0.653. The number of amides is 2. The van der Waals surface area contributed by atoms with Crippen LogP contribution >= 0.6 is 0 Å². The summed E-state index contributed by atoms with van der Waals surface area (Å²) in [7, 11) is 1.59. The maximum atomic E-state index is 11.9. The predicted molar refractivity (Wildman–Crippen MR) is 88.0 cm³/mol. The first-order valence-electron chi connectivity index (χ1n) is 7.84. The van der Waals surface area contributed by atoms with Crippen LogP contribution in [0.4, 0.5) is 5.69 Å². The molecule has 1 rings (SSSR count). The predicted octanol–water partition coefficient (Wildman–Crippen LogP) is 2.97. The molecule has 5 nitrogen and oxygen atoms in total. The summed E-state index contributed by atoms with van der Waals surface area (Å²) in [5.74, 6) is -0.177. The van der Waals surface area contributed by atoms with Crippen LogP contribution in [0.25, 0.3) is 0 Å². The van der Waals surface area contributed by atoms with Gasteiger partial charge in [-0.25, -0.2) is 0 Å². The largest absolute Gasteiger partial charge is 0.383 e. The Morgan fingerprint density at radius 1 is 1.18 bits per heavy atom. The second kappa shape index (κ2) is 10.8. The summed E-state index contributed by atoms with van der Waals surface area (Å²) in [4.78, 5) is 23.8. The molecular formula is C17H26N2O3. The maximum absolute atomic E-state index is 11.9. The highest BCUT2D eigenvalue weighted by molar-refractivity contribution is 5.97. The fourth-order valence-corrected chi connectivity index (χ4v) is 2.04. The van der Waals surface area contributed by atoms with E-state index in [4.69, 9.17) is 4.74 Å². The van der Waals surface area contributed by atoms with Crippen molar-refractivity contribution in [1.82, 2.24) is 5.32 Å². The van der Waals surface area contributed by atoms with Crippen molar-refractivity contribution in [3.05, 3.63) is 29.8 Å². The summed E-state index contributed by atoms with van der Waals surface area (Å²) in [6, 6.07) is 6.96. The zero-order valence-corrected chi connectivity index (χ0v) is 13.5. The van der Waals surface area contributed by atoms with Gasteiger partial charge in [0.1, 0.15) is 0 Å². The number of ether oxygens (including phenoxy) is 1. The molecule has 2 N–H and O–H groups in total. The van der Waals surface area contributed by atoms with Crippen LogP contribution in [0, 0.1) is 0 Å². The average Bonchev–Trinajstić information content (AvgIpc) is 2.52. The molecule has 0 saturated heterocycles. The second-order valence-electron chi connectivity index (χ2n) is 5.19. The number of hydrogen-bond donors (Lipinski definition) is 2. The van der Waals surface area contributed by atoms with Crippen LogP contribution < -0.4 is 10.6 Å². The van der Waals surface area contributed by atoms with Gasteiger partial charge in [0.2, 0.25) is 5.91 Å². The molecule has 0 bridgehead atoms. The number of methoxy groups -OCH3 is 1. The van der Waals surface area contributed by atoms with Gasteiger partial charge in [0.25, 0.3) is 5.91 Å². The van der Waals surface area contributed by atoms with Crippen LogP contribution in [0.3, 0.4) is 0 Å². The highest BCUT2D eigenvalue weighted by Gasteiger charge is 2.07. The standard InChI is InChI=1S/C17H26N2O3/c1-3-4-5-6-10-16(20)19-15-9-7-8-14(13-15)17(21)18-11-12-22-2/h7-9,13H,3-6,10-12H2,1-2H3,(H,18,21)(H,19,20). The lowest BCUT2D eigenvalue weighted by Gasteiger charge is -2.08. The van der Waals surface area contributed by atoms with Crippen LogP contribution in [-0.2, 0) is 9.53 Å². The second-order valence-corrected chi connectivity index (χ2v) is 5.19. The molecule has 1 aromatic rings. The van der Waals surface area contributed by atoms with E-state index in [1.165, 1.54) is 0 Å². The molecule has 0 atom stereocenters. The Morgan fingerprint density at radius 3 is 2.73 bits per heavy atom. The van der Waals surface area contributed by atoms with Gasteiger partial charge in [-0.15, -0.1) is 0 Å². The first kappa shape index (κ1) is 18.2. The van der Waals surface area contributed by atoms with Gasteiger partial charge in [-0.1, -0.05) is 32.3 Å². The highest BCUT2D eigenvalue weighted by atomic mass is 16.5. The van der Waals surface area contributed by atoms with E-state index in [1.54, 1.807) is 31.4 Å². The Hall–Kier alpha value is -1.88. The number of nitrogens with one attached hydrogen (secondary N) is 2. The minimum absolute atomic E-state index is 0.00644. The van der Waals surface area contributed by atoms with Crippen molar-refractivity contribution >= 4 is 17.5 Å². The molecule has 0 heterocycles. The van der Waals surface area contributed by atoms with Crippen molar-refractivity contribution in [2.75, 3.05) is 25.6 Å². The van der Waals surface area contributed by atoms with Gasteiger partial charge in [-0.3, -0.25) is 9.59 Å². The molecule has 0 saturated carbocycles. The Labute approximate surface area is 132 Å². The molecule has 0 unspecified atom stereocenters. The van der Waals surface area contributed by atoms with Crippen molar-refractivity contribution in [2.24, 2.45) is 0 Å². The van der Waals surface area contributed by atoms with Crippen molar-refractivity contribution in [1.29, 1.82) is 0 Å². The summed E-state index contributed by atoms with van der Waals surface area (Å²) in [6.45, 7) is 3.08. The van der Waals surface area contributed by atoms with Gasteiger partial charge in [0.15, 0.2) is 0 Å². The molecule has 0 aliphatic carbocycles. The smallest absolute Gasteiger partial charge is 0.251 e. The molecule has 5 heteroatoms. The van der Waals surface area contributed by atoms with Gasteiger partial charge in [-0.2, -0.15) is 0 Å². The fraction of sp³-hybridized carbons (Fsp3) is 0.529. The summed E-state index contributed by atoms with van der Waals surface area (Å²) >= 11 is 0. The lowest BCUT2D eigenvalue weighted by molar-refractivity contribution is -0.116. The number of benzene rings is 1. The SMILES string of the molecule is CCCCCCC(=O)Nc1cccc(C(=O)NCCOC)c1. The van der Waals surface area contributed by atoms with Crippen molar-refractivity contribution in [3.8, 4) is 0 Å². The summed E-state index contributed by atoms with van der Waals surface area (Å²) in [5.41, 5.74) is 1.18. The van der Waals surface area contributed by atoms with E-state index >= 15 is 0 Å². The first-order chi connectivity index (χ1) is 10.7. The molecule has 0 aromatic heterocycles. The maximum Gasteiger partial charge on any atom is 0.251 e. The molecule has 0 fully saturated rings. The third-order valence-corrected chi connectivity index (χ3v) is 3.26. The van der Waals surface area contributed by atoms with Crippen molar-refractivity contribution < 1.29 is 14.3 Å². The number of hydrogen-bond acceptors (Lipinski definition) is 3. The number of carbonyl (C=O) groups is 2. The zero-order chi connectivity index (χ0) is 16.2. The third kappa shape index (κ3) is 7.22. The van der Waals surface area contributed by atoms with E-state index in [0.717, 1.165) is 25.7 Å². The van der Waals surface area contributed by atoms with Crippen LogP contribution in [0.15, 0.2) is 24.3 Å². The van der Waals surface area contributed by atoms with Crippen molar-refractivity contribution in [3.63, 3.8) is 0 Å². The normalized spacial score (nSPS) is 10.3. The number of unbranched alkanes of at least 4 members (excludes halogenated alkanes) is 3. The average molecular weight is 306 g/mol.